The zero-order valence-electron chi connectivity index (χ0n) is 6.50. The van der Waals surface area contributed by atoms with Gasteiger partial charge < -0.3 is 5.73 Å². The first-order valence-corrected chi connectivity index (χ1v) is 4.99. The number of halogens is 3. The van der Waals surface area contributed by atoms with Crippen LogP contribution in [0.4, 0.5) is 4.39 Å². The molecule has 0 spiro atoms. The van der Waals surface area contributed by atoms with Crippen LogP contribution in [0.5, 0.6) is 0 Å². The van der Waals surface area contributed by atoms with Gasteiger partial charge in [0.1, 0.15) is 5.82 Å². The number of benzene rings is 1. The van der Waals surface area contributed by atoms with Gasteiger partial charge in [0.2, 0.25) is 0 Å². The zero-order chi connectivity index (χ0) is 9.30. The fourth-order valence-corrected chi connectivity index (χ4v) is 2.32. The molecule has 0 atom stereocenters. The van der Waals surface area contributed by atoms with Crippen molar-refractivity contribution in [3.63, 3.8) is 0 Å². The van der Waals surface area contributed by atoms with Crippen LogP contribution in [0.3, 0.4) is 0 Å². The van der Waals surface area contributed by atoms with Gasteiger partial charge in [-0.3, -0.25) is 0 Å². The standard InChI is InChI=1S/C8H8Br2FN/c1-4-7(11)2-6(9)5(3-12)8(4)10/h2H,3,12H2,1H3. The fraction of sp³-hybridized carbons (Fsp3) is 0.250. The summed E-state index contributed by atoms with van der Waals surface area (Å²) in [5.41, 5.74) is 6.98. The maximum Gasteiger partial charge on any atom is 0.128 e. The first-order chi connectivity index (χ1) is 5.57. The van der Waals surface area contributed by atoms with E-state index in [9.17, 15) is 4.39 Å². The van der Waals surface area contributed by atoms with Crippen LogP contribution in [0.2, 0.25) is 0 Å². The van der Waals surface area contributed by atoms with Gasteiger partial charge in [-0.25, -0.2) is 4.39 Å². The van der Waals surface area contributed by atoms with E-state index in [0.717, 1.165) is 10.0 Å². The number of hydrogen-bond donors (Lipinski definition) is 1. The van der Waals surface area contributed by atoms with Crippen LogP contribution in [0.15, 0.2) is 15.0 Å². The van der Waals surface area contributed by atoms with Crippen molar-refractivity contribution in [1.82, 2.24) is 0 Å². The topological polar surface area (TPSA) is 26.0 Å². The van der Waals surface area contributed by atoms with E-state index in [2.05, 4.69) is 31.9 Å². The summed E-state index contributed by atoms with van der Waals surface area (Å²) in [7, 11) is 0. The minimum Gasteiger partial charge on any atom is -0.326 e. The summed E-state index contributed by atoms with van der Waals surface area (Å²) < 4.78 is 14.5. The molecule has 1 aromatic rings. The van der Waals surface area contributed by atoms with Crippen molar-refractivity contribution in [3.8, 4) is 0 Å². The van der Waals surface area contributed by atoms with Crippen LogP contribution in [0, 0.1) is 12.7 Å². The fourth-order valence-electron chi connectivity index (χ4n) is 0.930. The van der Waals surface area contributed by atoms with E-state index in [0.29, 0.717) is 16.6 Å². The van der Waals surface area contributed by atoms with Crippen molar-refractivity contribution in [2.45, 2.75) is 13.5 Å². The molecule has 0 saturated heterocycles. The molecule has 0 aliphatic carbocycles. The van der Waals surface area contributed by atoms with Gasteiger partial charge in [0.05, 0.1) is 0 Å². The van der Waals surface area contributed by atoms with Crippen LogP contribution < -0.4 is 5.73 Å². The SMILES string of the molecule is Cc1c(F)cc(Br)c(CN)c1Br. The lowest BCUT2D eigenvalue weighted by molar-refractivity contribution is 0.615. The molecule has 0 fully saturated rings. The van der Waals surface area contributed by atoms with Crippen molar-refractivity contribution in [2.24, 2.45) is 5.73 Å². The maximum atomic E-state index is 13.1. The molecule has 0 radical (unpaired) electrons. The number of hydrogen-bond acceptors (Lipinski definition) is 1. The Hall–Kier alpha value is 0.0700. The van der Waals surface area contributed by atoms with E-state index in [1.165, 1.54) is 6.07 Å². The highest BCUT2D eigenvalue weighted by Crippen LogP contribution is 2.30. The van der Waals surface area contributed by atoms with Gasteiger partial charge in [0.15, 0.2) is 0 Å². The second-order valence-electron chi connectivity index (χ2n) is 2.46. The number of nitrogens with two attached hydrogens (primary N) is 1. The summed E-state index contributed by atoms with van der Waals surface area (Å²) in [6, 6.07) is 1.43. The van der Waals surface area contributed by atoms with Crippen molar-refractivity contribution in [3.05, 3.63) is 32.0 Å². The molecule has 4 heteroatoms. The Labute approximate surface area is 87.4 Å². The molecule has 0 aromatic heterocycles. The van der Waals surface area contributed by atoms with E-state index < -0.39 is 0 Å². The van der Waals surface area contributed by atoms with Gasteiger partial charge in [-0.2, -0.15) is 0 Å². The van der Waals surface area contributed by atoms with Crippen LogP contribution in [0.25, 0.3) is 0 Å². The summed E-state index contributed by atoms with van der Waals surface area (Å²) in [6.45, 7) is 2.10. The lowest BCUT2D eigenvalue weighted by Crippen LogP contribution is -2.01. The van der Waals surface area contributed by atoms with Gasteiger partial charge >= 0.3 is 0 Å². The summed E-state index contributed by atoms with van der Waals surface area (Å²) in [5.74, 6) is -0.231. The second-order valence-corrected chi connectivity index (χ2v) is 4.11. The van der Waals surface area contributed by atoms with E-state index in [1.54, 1.807) is 6.92 Å². The predicted octanol–water partition coefficient (Wildman–Crippen LogP) is 3.12. The molecule has 0 unspecified atom stereocenters. The van der Waals surface area contributed by atoms with Gasteiger partial charge in [-0.1, -0.05) is 31.9 Å². The molecular formula is C8H8Br2FN. The summed E-state index contributed by atoms with van der Waals surface area (Å²) in [6.07, 6.45) is 0. The smallest absolute Gasteiger partial charge is 0.128 e. The molecule has 0 aliphatic heterocycles. The Kier molecular flexibility index (Phi) is 3.26. The Morgan fingerprint density at radius 3 is 2.58 bits per heavy atom. The van der Waals surface area contributed by atoms with Crippen LogP contribution in [0.1, 0.15) is 11.1 Å². The molecule has 12 heavy (non-hydrogen) atoms. The van der Waals surface area contributed by atoms with Crippen LogP contribution in [-0.4, -0.2) is 0 Å². The number of rotatable bonds is 1. The third-order valence-electron chi connectivity index (χ3n) is 1.70. The van der Waals surface area contributed by atoms with Crippen molar-refractivity contribution in [2.75, 3.05) is 0 Å². The third-order valence-corrected chi connectivity index (χ3v) is 3.48. The molecule has 1 nitrogen and oxygen atoms in total. The van der Waals surface area contributed by atoms with E-state index in [1.807, 2.05) is 0 Å². The van der Waals surface area contributed by atoms with Gasteiger partial charge in [-0.15, -0.1) is 0 Å². The van der Waals surface area contributed by atoms with Crippen LogP contribution >= 0.6 is 31.9 Å². The highest BCUT2D eigenvalue weighted by Gasteiger charge is 2.10. The second kappa shape index (κ2) is 3.85. The van der Waals surface area contributed by atoms with Gasteiger partial charge in [0.25, 0.3) is 0 Å². The highest BCUT2D eigenvalue weighted by atomic mass is 79.9. The molecule has 1 aromatic carbocycles. The van der Waals surface area contributed by atoms with E-state index >= 15 is 0 Å². The summed E-state index contributed by atoms with van der Waals surface area (Å²) in [5, 5.41) is 0. The Bertz CT molecular complexity index is 312. The third kappa shape index (κ3) is 1.70. The molecule has 0 heterocycles. The largest absolute Gasteiger partial charge is 0.326 e. The summed E-state index contributed by atoms with van der Waals surface area (Å²) in [4.78, 5) is 0. The normalized spacial score (nSPS) is 10.4. The summed E-state index contributed by atoms with van der Waals surface area (Å²) >= 11 is 6.53. The molecule has 0 saturated carbocycles. The Morgan fingerprint density at radius 2 is 2.08 bits per heavy atom. The average molecular weight is 297 g/mol. The molecule has 0 aliphatic rings. The molecule has 0 bridgehead atoms. The highest BCUT2D eigenvalue weighted by molar-refractivity contribution is 9.11. The molecule has 2 N–H and O–H groups in total. The lowest BCUT2D eigenvalue weighted by Gasteiger charge is -2.08. The van der Waals surface area contributed by atoms with Gasteiger partial charge in [0, 0.05) is 15.5 Å². The molecular weight excluding hydrogens is 289 g/mol. The quantitative estimate of drug-likeness (QED) is 0.847. The van der Waals surface area contributed by atoms with Gasteiger partial charge in [-0.05, 0) is 24.1 Å². The minimum absolute atomic E-state index is 0.231. The average Bonchev–Trinajstić information content (AvgIpc) is 2.01. The van der Waals surface area contributed by atoms with E-state index in [4.69, 9.17) is 5.73 Å². The molecule has 66 valence electrons. The maximum absolute atomic E-state index is 13.1. The van der Waals surface area contributed by atoms with Crippen molar-refractivity contribution < 1.29 is 4.39 Å². The van der Waals surface area contributed by atoms with Crippen LogP contribution in [-0.2, 0) is 6.54 Å². The monoisotopic (exact) mass is 295 g/mol. The molecule has 1 rings (SSSR count). The first-order valence-electron chi connectivity index (χ1n) is 3.41. The Morgan fingerprint density at radius 1 is 1.50 bits per heavy atom. The van der Waals surface area contributed by atoms with Crippen molar-refractivity contribution in [1.29, 1.82) is 0 Å². The zero-order valence-corrected chi connectivity index (χ0v) is 9.67. The lowest BCUT2D eigenvalue weighted by atomic mass is 10.1. The Balaban J connectivity index is 3.40. The van der Waals surface area contributed by atoms with Crippen molar-refractivity contribution >= 4 is 31.9 Å². The first kappa shape index (κ1) is 10.2. The van der Waals surface area contributed by atoms with E-state index in [-0.39, 0.29) is 5.82 Å². The minimum atomic E-state index is -0.231. The predicted molar refractivity (Wildman–Crippen MR) is 54.4 cm³/mol. The molecule has 0 amide bonds.